The molecule has 4 rings (SSSR count). The lowest BCUT2D eigenvalue weighted by Crippen LogP contribution is -2.52. The van der Waals surface area contributed by atoms with Crippen LogP contribution in [0.15, 0.2) is 18.2 Å². The van der Waals surface area contributed by atoms with Crippen LogP contribution in [-0.4, -0.2) is 70.2 Å². The van der Waals surface area contributed by atoms with Gasteiger partial charge < -0.3 is 19.6 Å². The number of fused-ring (bicyclic) bond motifs is 1. The van der Waals surface area contributed by atoms with E-state index in [2.05, 4.69) is 5.32 Å². The number of ether oxygens (including phenoxy) is 1. The van der Waals surface area contributed by atoms with E-state index in [0.29, 0.717) is 42.3 Å². The van der Waals surface area contributed by atoms with Gasteiger partial charge >= 0.3 is 5.97 Å². The van der Waals surface area contributed by atoms with Gasteiger partial charge in [-0.2, -0.15) is 0 Å². The highest BCUT2D eigenvalue weighted by molar-refractivity contribution is 6.05. The summed E-state index contributed by atoms with van der Waals surface area (Å²) in [6.45, 7) is 1.16. The van der Waals surface area contributed by atoms with Crippen LogP contribution in [0.2, 0.25) is 0 Å². The Kier molecular flexibility index (Phi) is 6.62. The molecular weight excluding hydrogens is 430 g/mol. The number of aliphatic carboxylic acids is 1. The van der Waals surface area contributed by atoms with Crippen LogP contribution in [0, 0.1) is 5.92 Å². The molecule has 0 aliphatic carbocycles. The maximum absolute atomic E-state index is 12.9. The first-order chi connectivity index (χ1) is 15.8. The molecule has 1 unspecified atom stereocenters. The zero-order chi connectivity index (χ0) is 23.5. The van der Waals surface area contributed by atoms with Crippen LogP contribution in [0.5, 0.6) is 5.75 Å². The number of benzene rings is 1. The average molecular weight is 457 g/mol. The molecule has 0 spiro atoms. The molecule has 0 saturated carbocycles. The van der Waals surface area contributed by atoms with Crippen molar-refractivity contribution in [1.29, 1.82) is 0 Å². The molecule has 33 heavy (non-hydrogen) atoms. The third-order valence-electron chi connectivity index (χ3n) is 6.62. The van der Waals surface area contributed by atoms with Crippen LogP contribution in [0.4, 0.5) is 0 Å². The van der Waals surface area contributed by atoms with E-state index in [1.54, 1.807) is 23.1 Å². The zero-order valence-corrected chi connectivity index (χ0v) is 18.2. The normalized spacial score (nSPS) is 21.1. The van der Waals surface area contributed by atoms with Gasteiger partial charge in [0, 0.05) is 37.1 Å². The molecule has 2 N–H and O–H groups in total. The Morgan fingerprint density at radius 2 is 1.88 bits per heavy atom. The van der Waals surface area contributed by atoms with Gasteiger partial charge in [-0.25, -0.2) is 0 Å². The summed E-state index contributed by atoms with van der Waals surface area (Å²) >= 11 is 0. The number of hydrogen-bond donors (Lipinski definition) is 2. The molecule has 4 amide bonds. The topological polar surface area (TPSA) is 133 Å². The molecule has 1 aromatic carbocycles. The van der Waals surface area contributed by atoms with Gasteiger partial charge in [0.2, 0.25) is 11.8 Å². The van der Waals surface area contributed by atoms with Gasteiger partial charge in [-0.05, 0) is 43.7 Å². The lowest BCUT2D eigenvalue weighted by molar-refractivity contribution is -0.138. The fourth-order valence-corrected chi connectivity index (χ4v) is 4.72. The minimum atomic E-state index is -0.799. The fraction of sp³-hybridized carbons (Fsp3) is 0.522. The first-order valence-corrected chi connectivity index (χ1v) is 11.2. The Morgan fingerprint density at radius 1 is 1.12 bits per heavy atom. The van der Waals surface area contributed by atoms with E-state index in [1.165, 1.54) is 4.90 Å². The number of nitrogens with one attached hydrogen (secondary N) is 1. The maximum Gasteiger partial charge on any atom is 0.303 e. The molecule has 1 aromatic rings. The number of carbonyl (C=O) groups is 5. The number of likely N-dealkylation sites (tertiary alicyclic amines) is 1. The molecule has 0 aromatic heterocycles. The van der Waals surface area contributed by atoms with Crippen molar-refractivity contribution in [2.24, 2.45) is 5.92 Å². The summed E-state index contributed by atoms with van der Waals surface area (Å²) in [7, 11) is 0. The smallest absolute Gasteiger partial charge is 0.303 e. The van der Waals surface area contributed by atoms with Crippen molar-refractivity contribution in [2.45, 2.75) is 51.1 Å². The lowest BCUT2D eigenvalue weighted by Gasteiger charge is -2.31. The zero-order valence-electron chi connectivity index (χ0n) is 18.2. The van der Waals surface area contributed by atoms with Crippen molar-refractivity contribution in [3.8, 4) is 5.75 Å². The van der Waals surface area contributed by atoms with E-state index in [0.717, 1.165) is 12.8 Å². The molecule has 0 bridgehead atoms. The Morgan fingerprint density at radius 3 is 2.58 bits per heavy atom. The van der Waals surface area contributed by atoms with Crippen molar-refractivity contribution in [3.05, 3.63) is 29.3 Å². The van der Waals surface area contributed by atoms with Crippen LogP contribution in [0.1, 0.15) is 54.4 Å². The Hall–Kier alpha value is -3.43. The highest BCUT2D eigenvalue weighted by atomic mass is 16.5. The molecule has 0 radical (unpaired) electrons. The highest BCUT2D eigenvalue weighted by Gasteiger charge is 2.40. The average Bonchev–Trinajstić information content (AvgIpc) is 3.13. The summed E-state index contributed by atoms with van der Waals surface area (Å²) in [5.74, 6) is -1.32. The molecule has 10 nitrogen and oxygen atoms in total. The molecule has 3 aliphatic rings. The Balaban J connectivity index is 1.34. The third-order valence-corrected chi connectivity index (χ3v) is 6.62. The van der Waals surface area contributed by atoms with E-state index in [4.69, 9.17) is 9.84 Å². The van der Waals surface area contributed by atoms with Crippen molar-refractivity contribution < 1.29 is 33.8 Å². The Labute approximate surface area is 190 Å². The molecule has 2 saturated heterocycles. The number of nitrogens with zero attached hydrogens (tertiary/aromatic N) is 2. The Bertz CT molecular complexity index is 984. The predicted molar refractivity (Wildman–Crippen MR) is 114 cm³/mol. The number of amides is 4. The standard InChI is InChI=1S/C23H27N3O7/c27-19-6-5-17(22(31)24-19)26-12-16-15(23(26)32)2-1-3-18(16)33-13-20(28)25-10-8-14(9-11-25)4-7-21(29)30/h1-3,14,17H,4-13H2,(H,29,30)(H,24,27,31). The second-order valence-corrected chi connectivity index (χ2v) is 8.73. The van der Waals surface area contributed by atoms with Crippen LogP contribution in [0.3, 0.4) is 0 Å². The summed E-state index contributed by atoms with van der Waals surface area (Å²) < 4.78 is 5.80. The van der Waals surface area contributed by atoms with Crippen LogP contribution >= 0.6 is 0 Å². The van der Waals surface area contributed by atoms with Gasteiger partial charge in [-0.15, -0.1) is 0 Å². The number of carboxylic acids is 1. The largest absolute Gasteiger partial charge is 0.483 e. The molecule has 2 fully saturated rings. The number of piperidine rings is 2. The van der Waals surface area contributed by atoms with E-state index in [1.807, 2.05) is 0 Å². The SMILES string of the molecule is O=C(O)CCC1CCN(C(=O)COc2cccc3c2CN(C2CCC(=O)NC2=O)C3=O)CC1. The van der Waals surface area contributed by atoms with Gasteiger partial charge in [0.1, 0.15) is 11.8 Å². The van der Waals surface area contributed by atoms with Gasteiger partial charge in [-0.1, -0.05) is 6.07 Å². The molecule has 10 heteroatoms. The third kappa shape index (κ3) is 4.99. The van der Waals surface area contributed by atoms with Gasteiger partial charge in [0.15, 0.2) is 6.61 Å². The van der Waals surface area contributed by atoms with Crippen molar-refractivity contribution in [2.75, 3.05) is 19.7 Å². The second-order valence-electron chi connectivity index (χ2n) is 8.73. The first kappa shape index (κ1) is 22.8. The second kappa shape index (κ2) is 9.60. The van der Waals surface area contributed by atoms with Crippen molar-refractivity contribution >= 4 is 29.6 Å². The van der Waals surface area contributed by atoms with Crippen molar-refractivity contribution in [3.63, 3.8) is 0 Å². The summed E-state index contributed by atoms with van der Waals surface area (Å²) in [5, 5.41) is 11.1. The maximum atomic E-state index is 12.9. The van der Waals surface area contributed by atoms with E-state index < -0.39 is 17.9 Å². The summed E-state index contributed by atoms with van der Waals surface area (Å²) in [6.07, 6.45) is 2.78. The summed E-state index contributed by atoms with van der Waals surface area (Å²) in [6, 6.07) is 4.34. The van der Waals surface area contributed by atoms with Gasteiger partial charge in [0.05, 0.1) is 6.54 Å². The van der Waals surface area contributed by atoms with E-state index >= 15 is 0 Å². The molecule has 3 heterocycles. The fourth-order valence-electron chi connectivity index (χ4n) is 4.72. The summed E-state index contributed by atoms with van der Waals surface area (Å²) in [5.41, 5.74) is 1.07. The summed E-state index contributed by atoms with van der Waals surface area (Å²) in [4.78, 5) is 63.1. The van der Waals surface area contributed by atoms with E-state index in [-0.39, 0.29) is 50.1 Å². The van der Waals surface area contributed by atoms with Crippen molar-refractivity contribution in [1.82, 2.24) is 15.1 Å². The predicted octanol–water partition coefficient (Wildman–Crippen LogP) is 0.930. The molecule has 3 aliphatic heterocycles. The molecule has 176 valence electrons. The monoisotopic (exact) mass is 457 g/mol. The van der Waals surface area contributed by atoms with Gasteiger partial charge in [0.25, 0.3) is 11.8 Å². The lowest BCUT2D eigenvalue weighted by atomic mass is 9.92. The minimum Gasteiger partial charge on any atom is -0.483 e. The first-order valence-electron chi connectivity index (χ1n) is 11.2. The van der Waals surface area contributed by atoms with E-state index in [9.17, 15) is 24.0 Å². The highest BCUT2D eigenvalue weighted by Crippen LogP contribution is 2.33. The molecule has 1 atom stereocenters. The quantitative estimate of drug-likeness (QED) is 0.582. The van der Waals surface area contributed by atoms with Crippen LogP contribution in [-0.2, 0) is 25.7 Å². The number of hydrogen-bond acceptors (Lipinski definition) is 6. The number of carbonyl (C=O) groups excluding carboxylic acids is 4. The number of carboxylic acid groups (broad SMARTS) is 1. The number of imide groups is 1. The number of rotatable bonds is 7. The van der Waals surface area contributed by atoms with Crippen LogP contribution in [0.25, 0.3) is 0 Å². The van der Waals surface area contributed by atoms with Gasteiger partial charge in [-0.3, -0.25) is 29.3 Å². The van der Waals surface area contributed by atoms with Crippen LogP contribution < -0.4 is 10.1 Å². The minimum absolute atomic E-state index is 0.148. The molecular formula is C23H27N3O7.